The maximum absolute atomic E-state index is 12.6. The van der Waals surface area contributed by atoms with Crippen LogP contribution in [0.2, 0.25) is 0 Å². The summed E-state index contributed by atoms with van der Waals surface area (Å²) in [6.45, 7) is 3.12. The maximum Gasteiger partial charge on any atom is 0.282 e. The van der Waals surface area contributed by atoms with E-state index >= 15 is 0 Å². The first-order valence-corrected chi connectivity index (χ1v) is 4.41. The van der Waals surface area contributed by atoms with Gasteiger partial charge < -0.3 is 4.90 Å². The normalized spacial score (nSPS) is 19.3. The molecule has 2 heterocycles. The molecule has 0 saturated carbocycles. The van der Waals surface area contributed by atoms with Gasteiger partial charge in [-0.25, -0.2) is 18.7 Å². The van der Waals surface area contributed by atoms with Crippen molar-refractivity contribution in [2.24, 2.45) is 0 Å². The van der Waals surface area contributed by atoms with Gasteiger partial charge in [-0.15, -0.1) is 0 Å². The van der Waals surface area contributed by atoms with Crippen molar-refractivity contribution in [3.05, 3.63) is 17.5 Å². The molecule has 1 saturated heterocycles. The third kappa shape index (κ3) is 1.66. The number of anilines is 1. The zero-order valence-electron chi connectivity index (χ0n) is 8.09. The summed E-state index contributed by atoms with van der Waals surface area (Å²) in [4.78, 5) is 9.69. The van der Waals surface area contributed by atoms with E-state index in [0.717, 1.165) is 11.4 Å². The second kappa shape index (κ2) is 2.87. The molecule has 0 unspecified atom stereocenters. The van der Waals surface area contributed by atoms with E-state index in [0.29, 0.717) is 5.95 Å². The molecule has 0 spiro atoms. The van der Waals surface area contributed by atoms with Gasteiger partial charge in [-0.3, -0.25) is 0 Å². The highest BCUT2D eigenvalue weighted by Crippen LogP contribution is 2.29. The highest BCUT2D eigenvalue weighted by atomic mass is 19.3. The van der Waals surface area contributed by atoms with Crippen molar-refractivity contribution < 1.29 is 8.78 Å². The lowest BCUT2D eigenvalue weighted by atomic mass is 10.2. The minimum atomic E-state index is -2.57. The van der Waals surface area contributed by atoms with E-state index in [4.69, 9.17) is 0 Å². The number of hydrogen-bond acceptors (Lipinski definition) is 3. The van der Waals surface area contributed by atoms with E-state index in [9.17, 15) is 8.78 Å². The van der Waals surface area contributed by atoms with Gasteiger partial charge in [0.15, 0.2) is 0 Å². The van der Waals surface area contributed by atoms with Gasteiger partial charge in [-0.05, 0) is 19.9 Å². The Kier molecular flexibility index (Phi) is 1.90. The zero-order valence-corrected chi connectivity index (χ0v) is 8.09. The molecular weight excluding hydrogens is 188 g/mol. The van der Waals surface area contributed by atoms with E-state index in [1.165, 1.54) is 4.90 Å². The molecule has 0 N–H and O–H groups in total. The summed E-state index contributed by atoms with van der Waals surface area (Å²) in [5.74, 6) is -2.16. The molecule has 1 aliphatic rings. The van der Waals surface area contributed by atoms with Crippen LogP contribution in [-0.2, 0) is 0 Å². The van der Waals surface area contributed by atoms with E-state index < -0.39 is 5.92 Å². The molecular formula is C9H11F2N3. The van der Waals surface area contributed by atoms with Crippen LogP contribution in [0.5, 0.6) is 0 Å². The summed E-state index contributed by atoms with van der Waals surface area (Å²) < 4.78 is 25.2. The lowest BCUT2D eigenvalue weighted by molar-refractivity contribution is -0.0272. The predicted molar refractivity (Wildman–Crippen MR) is 48.7 cm³/mol. The Bertz CT molecular complexity index is 337. The van der Waals surface area contributed by atoms with Crippen LogP contribution in [0.1, 0.15) is 11.4 Å². The van der Waals surface area contributed by atoms with Crippen LogP contribution < -0.4 is 4.90 Å². The molecule has 5 heteroatoms. The minimum Gasteiger partial charge on any atom is -0.329 e. The van der Waals surface area contributed by atoms with Crippen molar-refractivity contribution in [3.8, 4) is 0 Å². The monoisotopic (exact) mass is 199 g/mol. The third-order valence-electron chi connectivity index (χ3n) is 2.10. The summed E-state index contributed by atoms with van der Waals surface area (Å²) in [7, 11) is 0. The van der Waals surface area contributed by atoms with Gasteiger partial charge in [0.05, 0.1) is 13.1 Å². The fourth-order valence-electron chi connectivity index (χ4n) is 1.50. The molecule has 3 nitrogen and oxygen atoms in total. The lowest BCUT2D eigenvalue weighted by Crippen LogP contribution is -2.57. The molecule has 0 atom stereocenters. The molecule has 0 bridgehead atoms. The van der Waals surface area contributed by atoms with Crippen LogP contribution in [0.15, 0.2) is 6.07 Å². The first-order chi connectivity index (χ1) is 6.46. The van der Waals surface area contributed by atoms with Gasteiger partial charge >= 0.3 is 0 Å². The molecule has 76 valence electrons. The van der Waals surface area contributed by atoms with Crippen LogP contribution >= 0.6 is 0 Å². The first kappa shape index (κ1) is 9.30. The SMILES string of the molecule is Cc1cc(C)nc(N2CC(F)(F)C2)n1. The van der Waals surface area contributed by atoms with Gasteiger partial charge in [0.1, 0.15) is 0 Å². The number of alkyl halides is 2. The first-order valence-electron chi connectivity index (χ1n) is 4.41. The number of halogens is 2. The Hall–Kier alpha value is -1.26. The van der Waals surface area contributed by atoms with Crippen LogP contribution in [0, 0.1) is 13.8 Å². The molecule has 2 rings (SSSR count). The summed E-state index contributed by atoms with van der Waals surface area (Å²) in [6, 6.07) is 1.82. The molecule has 1 aromatic heterocycles. The van der Waals surface area contributed by atoms with Crippen molar-refractivity contribution in [2.45, 2.75) is 19.8 Å². The molecule has 1 aliphatic heterocycles. The molecule has 1 fully saturated rings. The zero-order chi connectivity index (χ0) is 10.3. The predicted octanol–water partition coefficient (Wildman–Crippen LogP) is 1.55. The van der Waals surface area contributed by atoms with Gasteiger partial charge in [-0.1, -0.05) is 0 Å². The van der Waals surface area contributed by atoms with E-state index in [1.807, 2.05) is 19.9 Å². The van der Waals surface area contributed by atoms with Gasteiger partial charge in [0.25, 0.3) is 5.92 Å². The summed E-state index contributed by atoms with van der Waals surface area (Å²) >= 11 is 0. The average Bonchev–Trinajstić information content (AvgIpc) is 1.97. The Balaban J connectivity index is 2.18. The number of aromatic nitrogens is 2. The Morgan fingerprint density at radius 2 is 1.71 bits per heavy atom. The number of nitrogens with zero attached hydrogens (tertiary/aromatic N) is 3. The summed E-state index contributed by atoms with van der Waals surface area (Å²) in [6.07, 6.45) is 0. The van der Waals surface area contributed by atoms with E-state index in [1.54, 1.807) is 0 Å². The van der Waals surface area contributed by atoms with Gasteiger partial charge in [-0.2, -0.15) is 0 Å². The summed E-state index contributed by atoms with van der Waals surface area (Å²) in [5.41, 5.74) is 1.62. The standard InChI is InChI=1S/C9H11F2N3/c1-6-3-7(2)13-8(12-6)14-4-9(10,11)5-14/h3H,4-5H2,1-2H3. The largest absolute Gasteiger partial charge is 0.329 e. The smallest absolute Gasteiger partial charge is 0.282 e. The van der Waals surface area contributed by atoms with E-state index in [2.05, 4.69) is 9.97 Å². The van der Waals surface area contributed by atoms with Crippen LogP contribution in [-0.4, -0.2) is 29.0 Å². The maximum atomic E-state index is 12.6. The molecule has 0 radical (unpaired) electrons. The molecule has 0 amide bonds. The fraction of sp³-hybridized carbons (Fsp3) is 0.556. The van der Waals surface area contributed by atoms with Crippen molar-refractivity contribution in [1.29, 1.82) is 0 Å². The van der Waals surface area contributed by atoms with Crippen molar-refractivity contribution in [2.75, 3.05) is 18.0 Å². The third-order valence-corrected chi connectivity index (χ3v) is 2.10. The quantitative estimate of drug-likeness (QED) is 0.687. The van der Waals surface area contributed by atoms with Crippen molar-refractivity contribution in [1.82, 2.24) is 9.97 Å². The Morgan fingerprint density at radius 3 is 2.14 bits per heavy atom. The van der Waals surface area contributed by atoms with Crippen LogP contribution in [0.25, 0.3) is 0 Å². The highest BCUT2D eigenvalue weighted by Gasteiger charge is 2.45. The van der Waals surface area contributed by atoms with Gasteiger partial charge in [0.2, 0.25) is 5.95 Å². The summed E-state index contributed by atoms with van der Waals surface area (Å²) in [5, 5.41) is 0. The number of rotatable bonds is 1. The Labute approximate surface area is 80.8 Å². The average molecular weight is 199 g/mol. The van der Waals surface area contributed by atoms with Gasteiger partial charge in [0, 0.05) is 11.4 Å². The minimum absolute atomic E-state index is 0.268. The molecule has 0 aliphatic carbocycles. The van der Waals surface area contributed by atoms with Crippen molar-refractivity contribution in [3.63, 3.8) is 0 Å². The van der Waals surface area contributed by atoms with Crippen LogP contribution in [0.4, 0.5) is 14.7 Å². The molecule has 14 heavy (non-hydrogen) atoms. The van der Waals surface area contributed by atoms with Crippen molar-refractivity contribution >= 4 is 5.95 Å². The second-order valence-electron chi connectivity index (χ2n) is 3.66. The van der Waals surface area contributed by atoms with Crippen LogP contribution in [0.3, 0.4) is 0 Å². The fourth-order valence-corrected chi connectivity index (χ4v) is 1.50. The number of aryl methyl sites for hydroxylation is 2. The Morgan fingerprint density at radius 1 is 1.21 bits per heavy atom. The molecule has 0 aromatic carbocycles. The van der Waals surface area contributed by atoms with E-state index in [-0.39, 0.29) is 13.1 Å². The lowest BCUT2D eigenvalue weighted by Gasteiger charge is -2.38. The molecule has 1 aromatic rings. The highest BCUT2D eigenvalue weighted by molar-refractivity contribution is 5.37. The topological polar surface area (TPSA) is 29.0 Å². The number of hydrogen-bond donors (Lipinski definition) is 0. The second-order valence-corrected chi connectivity index (χ2v) is 3.66.